The molecule has 8 aromatic carbocycles. The molecule has 1 nitrogen and oxygen atoms in total. The first-order chi connectivity index (χ1) is 25.0. The topological polar surface area (TPSA) is 3.24 Å². The molecule has 0 radical (unpaired) electrons. The first-order valence-electron chi connectivity index (χ1n) is 17.7. The Labute approximate surface area is 302 Å². The van der Waals surface area contributed by atoms with Gasteiger partial charge in [0.25, 0.3) is 0 Å². The molecule has 242 valence electrons. The summed E-state index contributed by atoms with van der Waals surface area (Å²) in [6.45, 7) is 4.73. The van der Waals surface area contributed by atoms with Crippen LogP contribution in [-0.4, -0.2) is 0 Å². The van der Waals surface area contributed by atoms with Crippen LogP contribution in [0.5, 0.6) is 0 Å². The van der Waals surface area contributed by atoms with Crippen molar-refractivity contribution in [2.24, 2.45) is 0 Å². The van der Waals surface area contributed by atoms with E-state index in [2.05, 4.69) is 195 Å². The lowest BCUT2D eigenvalue weighted by atomic mass is 9.82. The van der Waals surface area contributed by atoms with Gasteiger partial charge in [0.1, 0.15) is 0 Å². The molecule has 0 spiro atoms. The average molecular weight is 670 g/mol. The van der Waals surface area contributed by atoms with Gasteiger partial charge >= 0.3 is 0 Å². The molecule has 51 heavy (non-hydrogen) atoms. The minimum Gasteiger partial charge on any atom is -0.309 e. The third-order valence-corrected chi connectivity index (χ3v) is 12.1. The third kappa shape index (κ3) is 4.75. The average Bonchev–Trinajstić information content (AvgIpc) is 3.67. The third-order valence-electron chi connectivity index (χ3n) is 10.9. The molecule has 0 atom stereocenters. The van der Waals surface area contributed by atoms with E-state index < -0.39 is 0 Å². The number of rotatable bonds is 5. The number of hydrogen-bond acceptors (Lipinski definition) is 2. The van der Waals surface area contributed by atoms with Crippen molar-refractivity contribution >= 4 is 59.3 Å². The fraction of sp³-hybridized carbons (Fsp3) is 0.0612. The highest BCUT2D eigenvalue weighted by Crippen LogP contribution is 2.52. The van der Waals surface area contributed by atoms with E-state index in [0.29, 0.717) is 0 Å². The van der Waals surface area contributed by atoms with Gasteiger partial charge in [0.05, 0.1) is 10.4 Å². The van der Waals surface area contributed by atoms with Crippen molar-refractivity contribution < 1.29 is 0 Å². The fourth-order valence-corrected chi connectivity index (χ4v) is 9.49. The Morgan fingerprint density at radius 3 is 1.96 bits per heavy atom. The first-order valence-corrected chi connectivity index (χ1v) is 18.5. The number of fused-ring (bicyclic) bond motifs is 7. The molecule has 1 aromatic heterocycles. The second kappa shape index (κ2) is 11.6. The summed E-state index contributed by atoms with van der Waals surface area (Å²) in [4.78, 5) is 2.50. The van der Waals surface area contributed by atoms with E-state index in [4.69, 9.17) is 0 Å². The van der Waals surface area contributed by atoms with E-state index in [1.165, 1.54) is 81.1 Å². The Kier molecular flexibility index (Phi) is 6.78. The lowest BCUT2D eigenvalue weighted by Crippen LogP contribution is -2.16. The summed E-state index contributed by atoms with van der Waals surface area (Å²) in [5.41, 5.74) is 13.7. The Morgan fingerprint density at radius 2 is 1.10 bits per heavy atom. The van der Waals surface area contributed by atoms with Gasteiger partial charge in [-0.2, -0.15) is 0 Å². The van der Waals surface area contributed by atoms with Crippen LogP contribution in [0.15, 0.2) is 176 Å². The summed E-state index contributed by atoms with van der Waals surface area (Å²) >= 11 is 1.88. The molecular weight excluding hydrogens is 635 g/mol. The molecule has 1 heterocycles. The van der Waals surface area contributed by atoms with E-state index in [9.17, 15) is 0 Å². The van der Waals surface area contributed by atoms with Crippen LogP contribution in [0.4, 0.5) is 17.1 Å². The van der Waals surface area contributed by atoms with E-state index in [0.717, 1.165) is 11.4 Å². The number of thiophene rings is 1. The minimum atomic E-state index is -0.106. The first kappa shape index (κ1) is 29.9. The van der Waals surface area contributed by atoms with Gasteiger partial charge in [-0.3, -0.25) is 0 Å². The van der Waals surface area contributed by atoms with Gasteiger partial charge in [-0.25, -0.2) is 0 Å². The molecule has 0 fully saturated rings. The summed E-state index contributed by atoms with van der Waals surface area (Å²) in [5.74, 6) is 0. The molecule has 0 amide bonds. The molecule has 9 aromatic rings. The molecule has 1 aliphatic rings. The Balaban J connectivity index is 1.22. The molecule has 0 saturated carbocycles. The van der Waals surface area contributed by atoms with Crippen LogP contribution in [0, 0.1) is 0 Å². The molecule has 0 N–H and O–H groups in total. The molecule has 2 heteroatoms. The second-order valence-electron chi connectivity index (χ2n) is 14.1. The van der Waals surface area contributed by atoms with Crippen molar-refractivity contribution in [3.05, 3.63) is 187 Å². The highest BCUT2D eigenvalue weighted by Gasteiger charge is 2.36. The van der Waals surface area contributed by atoms with Gasteiger partial charge in [-0.1, -0.05) is 147 Å². The van der Waals surface area contributed by atoms with Gasteiger partial charge < -0.3 is 4.90 Å². The minimum absolute atomic E-state index is 0.106. The second-order valence-corrected chi connectivity index (χ2v) is 15.2. The van der Waals surface area contributed by atoms with E-state index in [1.807, 2.05) is 11.3 Å². The van der Waals surface area contributed by atoms with Gasteiger partial charge in [-0.05, 0) is 97.7 Å². The highest BCUT2D eigenvalue weighted by atomic mass is 32.1. The number of nitrogens with zero attached hydrogens (tertiary/aromatic N) is 1. The maximum atomic E-state index is 2.50. The lowest BCUT2D eigenvalue weighted by Gasteiger charge is -2.29. The van der Waals surface area contributed by atoms with E-state index in [1.54, 1.807) is 0 Å². The van der Waals surface area contributed by atoms with Crippen molar-refractivity contribution in [1.82, 2.24) is 0 Å². The van der Waals surface area contributed by atoms with Crippen LogP contribution < -0.4 is 4.90 Å². The van der Waals surface area contributed by atoms with Crippen LogP contribution in [0.3, 0.4) is 0 Å². The van der Waals surface area contributed by atoms with Crippen LogP contribution in [0.1, 0.15) is 25.0 Å². The number of benzene rings is 8. The molecule has 0 unspecified atom stereocenters. The van der Waals surface area contributed by atoms with E-state index in [-0.39, 0.29) is 5.41 Å². The molecule has 1 aliphatic carbocycles. The number of hydrogen-bond donors (Lipinski definition) is 0. The Morgan fingerprint density at radius 1 is 0.431 bits per heavy atom. The van der Waals surface area contributed by atoms with Crippen LogP contribution >= 0.6 is 11.3 Å². The summed E-state index contributed by atoms with van der Waals surface area (Å²) in [6.07, 6.45) is 0. The highest BCUT2D eigenvalue weighted by molar-refractivity contribution is 7.26. The van der Waals surface area contributed by atoms with E-state index >= 15 is 0 Å². The zero-order chi connectivity index (χ0) is 34.1. The van der Waals surface area contributed by atoms with Gasteiger partial charge in [-0.15, -0.1) is 11.3 Å². The summed E-state index contributed by atoms with van der Waals surface area (Å²) < 4.78 is 2.59. The lowest BCUT2D eigenvalue weighted by molar-refractivity contribution is 0.660. The van der Waals surface area contributed by atoms with Crippen molar-refractivity contribution in [2.75, 3.05) is 4.90 Å². The smallest absolute Gasteiger partial charge is 0.0646 e. The maximum absolute atomic E-state index is 2.50. The van der Waals surface area contributed by atoms with Crippen molar-refractivity contribution in [3.8, 4) is 33.4 Å². The Hall–Kier alpha value is -5.96. The predicted octanol–water partition coefficient (Wildman–Crippen LogP) is 14.3. The Bertz CT molecular complexity index is 2770. The molecule has 0 saturated heterocycles. The zero-order valence-corrected chi connectivity index (χ0v) is 29.4. The van der Waals surface area contributed by atoms with Gasteiger partial charge in [0.2, 0.25) is 0 Å². The largest absolute Gasteiger partial charge is 0.309 e. The van der Waals surface area contributed by atoms with Gasteiger partial charge in [0, 0.05) is 32.3 Å². The molecular formula is C49H35NS. The standard InChI is InChI=1S/C49H35NS/c1-49(2)44-21-10-8-18-40(44)41-28-27-37(31-45(41)49)50(36-25-23-34(24-26-36)39-20-12-16-33-15-6-7-17-38(33)39)46-30-35(32-13-4-3-5-14-32)29-43-42-19-9-11-22-47(42)51-48(43)46/h3-31H,1-2H3. The predicted molar refractivity (Wildman–Crippen MR) is 220 cm³/mol. The fourth-order valence-electron chi connectivity index (χ4n) is 8.30. The molecule has 0 bridgehead atoms. The monoisotopic (exact) mass is 669 g/mol. The summed E-state index contributed by atoms with van der Waals surface area (Å²) in [7, 11) is 0. The quantitative estimate of drug-likeness (QED) is 0.176. The van der Waals surface area contributed by atoms with Crippen LogP contribution in [0.25, 0.3) is 64.3 Å². The maximum Gasteiger partial charge on any atom is 0.0646 e. The zero-order valence-electron chi connectivity index (χ0n) is 28.6. The SMILES string of the molecule is CC1(C)c2ccccc2-c2ccc(N(c3ccc(-c4cccc5ccccc45)cc3)c3cc(-c4ccccc4)cc4c3sc3ccccc34)cc21. The van der Waals surface area contributed by atoms with Crippen LogP contribution in [-0.2, 0) is 5.41 Å². The molecule has 10 rings (SSSR count). The number of anilines is 3. The van der Waals surface area contributed by atoms with Crippen molar-refractivity contribution in [1.29, 1.82) is 0 Å². The summed E-state index contributed by atoms with van der Waals surface area (Å²) in [5, 5.41) is 5.12. The summed E-state index contributed by atoms with van der Waals surface area (Å²) in [6, 6.07) is 64.9. The van der Waals surface area contributed by atoms with Gasteiger partial charge in [0.15, 0.2) is 0 Å². The normalized spacial score (nSPS) is 13.1. The van der Waals surface area contributed by atoms with Crippen molar-refractivity contribution in [2.45, 2.75) is 19.3 Å². The van der Waals surface area contributed by atoms with Crippen molar-refractivity contribution in [3.63, 3.8) is 0 Å². The van der Waals surface area contributed by atoms with Crippen LogP contribution in [0.2, 0.25) is 0 Å². The molecule has 0 aliphatic heterocycles.